The predicted molar refractivity (Wildman–Crippen MR) is 88.2 cm³/mol. The third kappa shape index (κ3) is 4.60. The van der Waals surface area contributed by atoms with Crippen LogP contribution in [0.15, 0.2) is 18.2 Å². The fraction of sp³-hybridized carbons (Fsp3) is 0.562. The van der Waals surface area contributed by atoms with Crippen molar-refractivity contribution in [1.29, 1.82) is 0 Å². The number of nitrogens with one attached hydrogen (secondary N) is 1. The van der Waals surface area contributed by atoms with Gasteiger partial charge >= 0.3 is 0 Å². The highest BCUT2D eigenvalue weighted by molar-refractivity contribution is 6.42. The first-order valence-electron chi connectivity index (χ1n) is 7.45. The van der Waals surface area contributed by atoms with Crippen LogP contribution >= 0.6 is 23.2 Å². The van der Waals surface area contributed by atoms with E-state index in [4.69, 9.17) is 23.2 Å². The smallest absolute Gasteiger partial charge is 0.253 e. The molecule has 1 aromatic rings. The number of amides is 1. The second kappa shape index (κ2) is 7.48. The molecule has 1 unspecified atom stereocenters. The van der Waals surface area contributed by atoms with E-state index in [1.54, 1.807) is 18.2 Å². The van der Waals surface area contributed by atoms with Crippen LogP contribution in [0.2, 0.25) is 10.0 Å². The lowest BCUT2D eigenvalue weighted by Crippen LogP contribution is -2.42. The summed E-state index contributed by atoms with van der Waals surface area (Å²) in [4.78, 5) is 14.7. The fourth-order valence-corrected chi connectivity index (χ4v) is 2.97. The van der Waals surface area contributed by atoms with Gasteiger partial charge < -0.3 is 10.2 Å². The Morgan fingerprint density at radius 1 is 1.38 bits per heavy atom. The maximum Gasteiger partial charge on any atom is 0.253 e. The average molecular weight is 329 g/mol. The zero-order valence-corrected chi connectivity index (χ0v) is 14.0. The topological polar surface area (TPSA) is 32.3 Å². The van der Waals surface area contributed by atoms with Gasteiger partial charge in [0.25, 0.3) is 5.91 Å². The molecule has 5 heteroatoms. The Kier molecular flexibility index (Phi) is 5.91. The lowest BCUT2D eigenvalue weighted by Gasteiger charge is -2.27. The zero-order chi connectivity index (χ0) is 15.4. The van der Waals surface area contributed by atoms with Crippen LogP contribution < -0.4 is 5.32 Å². The normalized spacial score (nSPS) is 18.2. The van der Waals surface area contributed by atoms with Gasteiger partial charge in [-0.3, -0.25) is 4.79 Å². The number of carbonyl (C=O) groups excluding carboxylic acids is 1. The number of nitrogens with zero attached hydrogens (tertiary/aromatic N) is 1. The van der Waals surface area contributed by atoms with E-state index in [1.165, 1.54) is 6.42 Å². The molecule has 0 saturated carbocycles. The van der Waals surface area contributed by atoms with Crippen LogP contribution in [0.25, 0.3) is 0 Å². The summed E-state index contributed by atoms with van der Waals surface area (Å²) in [5.74, 6) is 0.453. The van der Waals surface area contributed by atoms with Gasteiger partial charge in [-0.1, -0.05) is 37.0 Å². The van der Waals surface area contributed by atoms with Crippen LogP contribution in [-0.4, -0.2) is 36.5 Å². The summed E-state index contributed by atoms with van der Waals surface area (Å²) in [5.41, 5.74) is 0.600. The average Bonchev–Trinajstić information content (AvgIpc) is 2.93. The molecular formula is C16H22Cl2N2O. The van der Waals surface area contributed by atoms with E-state index in [9.17, 15) is 4.79 Å². The highest BCUT2D eigenvalue weighted by Gasteiger charge is 2.23. The van der Waals surface area contributed by atoms with Crippen molar-refractivity contribution in [2.75, 3.05) is 19.6 Å². The molecule has 0 spiro atoms. The first-order valence-corrected chi connectivity index (χ1v) is 8.20. The van der Waals surface area contributed by atoms with Gasteiger partial charge in [0.2, 0.25) is 0 Å². The first kappa shape index (κ1) is 16.6. The maximum absolute atomic E-state index is 12.7. The van der Waals surface area contributed by atoms with Crippen LogP contribution in [0.5, 0.6) is 0 Å². The number of halogens is 2. The van der Waals surface area contributed by atoms with Crippen LogP contribution in [0.4, 0.5) is 0 Å². The van der Waals surface area contributed by atoms with E-state index in [2.05, 4.69) is 19.2 Å². The largest absolute Gasteiger partial charge is 0.337 e. The standard InChI is InChI=1S/C16H22Cl2N2O/c1-11(2)9-20(10-13-4-3-7-19-13)16(21)12-5-6-14(17)15(18)8-12/h5-6,8,11,13,19H,3-4,7,9-10H2,1-2H3. The summed E-state index contributed by atoms with van der Waals surface area (Å²) >= 11 is 11.9. The van der Waals surface area contributed by atoms with Crippen molar-refractivity contribution in [1.82, 2.24) is 10.2 Å². The molecule has 1 heterocycles. The maximum atomic E-state index is 12.7. The summed E-state index contributed by atoms with van der Waals surface area (Å²) in [7, 11) is 0. The van der Waals surface area contributed by atoms with Gasteiger partial charge in [0.15, 0.2) is 0 Å². The number of carbonyl (C=O) groups is 1. The minimum absolute atomic E-state index is 0.0240. The molecule has 1 saturated heterocycles. The minimum Gasteiger partial charge on any atom is -0.337 e. The van der Waals surface area contributed by atoms with Gasteiger partial charge in [-0.15, -0.1) is 0 Å². The molecule has 0 bridgehead atoms. The van der Waals surface area contributed by atoms with Crippen molar-refractivity contribution < 1.29 is 4.79 Å². The van der Waals surface area contributed by atoms with Crippen LogP contribution in [-0.2, 0) is 0 Å². The number of rotatable bonds is 5. The van der Waals surface area contributed by atoms with E-state index in [-0.39, 0.29) is 5.91 Å². The van der Waals surface area contributed by atoms with Gasteiger partial charge in [0.1, 0.15) is 0 Å². The van der Waals surface area contributed by atoms with E-state index in [0.717, 1.165) is 26.1 Å². The quantitative estimate of drug-likeness (QED) is 0.890. The minimum atomic E-state index is 0.0240. The molecule has 1 fully saturated rings. The van der Waals surface area contributed by atoms with Crippen molar-refractivity contribution >= 4 is 29.1 Å². The third-order valence-electron chi connectivity index (χ3n) is 3.64. The van der Waals surface area contributed by atoms with Gasteiger partial charge in [-0.05, 0) is 43.5 Å². The van der Waals surface area contributed by atoms with Crippen molar-refractivity contribution in [2.45, 2.75) is 32.7 Å². The Morgan fingerprint density at radius 3 is 2.71 bits per heavy atom. The van der Waals surface area contributed by atoms with Gasteiger partial charge in [-0.2, -0.15) is 0 Å². The van der Waals surface area contributed by atoms with Crippen molar-refractivity contribution in [3.63, 3.8) is 0 Å². The number of hydrogen-bond acceptors (Lipinski definition) is 2. The summed E-state index contributed by atoms with van der Waals surface area (Å²) in [6, 6.07) is 5.47. The molecule has 0 aliphatic carbocycles. The van der Waals surface area contributed by atoms with Crippen molar-refractivity contribution in [3.8, 4) is 0 Å². The van der Waals surface area contributed by atoms with Crippen molar-refractivity contribution in [3.05, 3.63) is 33.8 Å². The fourth-order valence-electron chi connectivity index (χ4n) is 2.67. The van der Waals surface area contributed by atoms with Crippen LogP contribution in [0, 0.1) is 5.92 Å². The zero-order valence-electron chi connectivity index (χ0n) is 12.5. The predicted octanol–water partition coefficient (Wildman–Crippen LogP) is 3.84. The molecule has 2 rings (SSSR count). The Morgan fingerprint density at radius 2 is 2.14 bits per heavy atom. The Hall–Kier alpha value is -0.770. The highest BCUT2D eigenvalue weighted by atomic mass is 35.5. The number of benzene rings is 1. The molecule has 21 heavy (non-hydrogen) atoms. The summed E-state index contributed by atoms with van der Waals surface area (Å²) in [6.07, 6.45) is 2.31. The van der Waals surface area contributed by atoms with E-state index in [0.29, 0.717) is 27.6 Å². The molecule has 1 amide bonds. The van der Waals surface area contributed by atoms with Gasteiger partial charge in [-0.25, -0.2) is 0 Å². The first-order chi connectivity index (χ1) is 9.97. The monoisotopic (exact) mass is 328 g/mol. The van der Waals surface area contributed by atoms with Crippen LogP contribution in [0.1, 0.15) is 37.0 Å². The van der Waals surface area contributed by atoms with Gasteiger partial charge in [0, 0.05) is 24.7 Å². The summed E-state index contributed by atoms with van der Waals surface area (Å²) in [6.45, 7) is 6.78. The second-order valence-electron chi connectivity index (χ2n) is 6.03. The Balaban J connectivity index is 2.13. The molecule has 1 aliphatic heterocycles. The number of hydrogen-bond donors (Lipinski definition) is 1. The van der Waals surface area contributed by atoms with Crippen LogP contribution in [0.3, 0.4) is 0 Å². The molecule has 1 aromatic carbocycles. The molecule has 1 aliphatic rings. The molecule has 1 atom stereocenters. The molecular weight excluding hydrogens is 307 g/mol. The molecule has 3 nitrogen and oxygen atoms in total. The summed E-state index contributed by atoms with van der Waals surface area (Å²) < 4.78 is 0. The lowest BCUT2D eigenvalue weighted by molar-refractivity contribution is 0.0721. The van der Waals surface area contributed by atoms with E-state index in [1.807, 2.05) is 4.90 Å². The Labute approximate surface area is 136 Å². The second-order valence-corrected chi connectivity index (χ2v) is 6.84. The SMILES string of the molecule is CC(C)CN(CC1CCCN1)C(=O)c1ccc(Cl)c(Cl)c1. The molecule has 0 radical (unpaired) electrons. The van der Waals surface area contributed by atoms with E-state index < -0.39 is 0 Å². The molecule has 1 N–H and O–H groups in total. The third-order valence-corrected chi connectivity index (χ3v) is 4.38. The highest BCUT2D eigenvalue weighted by Crippen LogP contribution is 2.23. The Bertz CT molecular complexity index is 499. The molecule has 116 valence electrons. The lowest BCUT2D eigenvalue weighted by atomic mass is 10.1. The molecule has 0 aromatic heterocycles. The van der Waals surface area contributed by atoms with Gasteiger partial charge in [0.05, 0.1) is 10.0 Å². The summed E-state index contributed by atoms with van der Waals surface area (Å²) in [5, 5.41) is 4.34. The van der Waals surface area contributed by atoms with E-state index >= 15 is 0 Å². The van der Waals surface area contributed by atoms with Crippen molar-refractivity contribution in [2.24, 2.45) is 5.92 Å².